The van der Waals surface area contributed by atoms with E-state index in [-0.39, 0.29) is 12.0 Å². The van der Waals surface area contributed by atoms with Gasteiger partial charge in [0.1, 0.15) is 6.10 Å². The number of piperidine rings is 1. The number of thioether (sulfide) groups is 1. The second kappa shape index (κ2) is 9.18. The lowest BCUT2D eigenvalue weighted by Gasteiger charge is -2.31. The lowest BCUT2D eigenvalue weighted by molar-refractivity contribution is -0.132. The SMILES string of the molecule is Cc1ccc(SCCC(=O)N2CCC(Oc3nc4c(C)cccc4s3)CC2)cc1. The third-order valence-corrected chi connectivity index (χ3v) is 7.19. The molecule has 0 N–H and O–H groups in total. The van der Waals surface area contributed by atoms with E-state index < -0.39 is 0 Å². The van der Waals surface area contributed by atoms with Gasteiger partial charge in [0.15, 0.2) is 0 Å². The molecule has 152 valence electrons. The number of thiazole rings is 1. The van der Waals surface area contributed by atoms with Gasteiger partial charge < -0.3 is 9.64 Å². The van der Waals surface area contributed by atoms with Gasteiger partial charge in [-0.15, -0.1) is 11.8 Å². The standard InChI is InChI=1S/C23H26N2O2S2/c1-16-6-8-19(9-7-16)28-15-12-21(26)25-13-10-18(11-14-25)27-23-24-22-17(2)4-3-5-20(22)29-23/h3-9,18H,10-15H2,1-2H3. The molecule has 0 aliphatic carbocycles. The maximum absolute atomic E-state index is 12.5. The molecule has 1 aliphatic rings. The Kier molecular flexibility index (Phi) is 6.40. The van der Waals surface area contributed by atoms with Crippen LogP contribution in [-0.4, -0.2) is 40.7 Å². The third-order valence-electron chi connectivity index (χ3n) is 5.27. The van der Waals surface area contributed by atoms with Crippen molar-refractivity contribution in [3.63, 3.8) is 0 Å². The number of ether oxygens (including phenoxy) is 1. The predicted octanol–water partition coefficient (Wildman–Crippen LogP) is 5.47. The zero-order valence-corrected chi connectivity index (χ0v) is 18.5. The van der Waals surface area contributed by atoms with Crippen molar-refractivity contribution in [3.05, 3.63) is 53.6 Å². The third kappa shape index (κ3) is 5.11. The summed E-state index contributed by atoms with van der Waals surface area (Å²) in [6.45, 7) is 5.70. The van der Waals surface area contributed by atoms with Crippen LogP contribution in [0.25, 0.3) is 10.2 Å². The Labute approximate surface area is 180 Å². The Morgan fingerprint density at radius 2 is 1.93 bits per heavy atom. The quantitative estimate of drug-likeness (QED) is 0.491. The van der Waals surface area contributed by atoms with Crippen LogP contribution in [0.3, 0.4) is 0 Å². The van der Waals surface area contributed by atoms with Crippen molar-refractivity contribution in [1.82, 2.24) is 9.88 Å². The number of carbonyl (C=O) groups excluding carboxylic acids is 1. The molecule has 4 nitrogen and oxygen atoms in total. The molecule has 1 saturated heterocycles. The Hall–Kier alpha value is -2.05. The highest BCUT2D eigenvalue weighted by atomic mass is 32.2. The molecular formula is C23H26N2O2S2. The molecule has 2 aromatic carbocycles. The minimum Gasteiger partial charge on any atom is -0.467 e. The number of carbonyl (C=O) groups is 1. The van der Waals surface area contributed by atoms with Gasteiger partial charge in [-0.1, -0.05) is 41.2 Å². The fraction of sp³-hybridized carbons (Fsp3) is 0.391. The maximum Gasteiger partial charge on any atom is 0.274 e. The molecule has 1 aliphatic heterocycles. The van der Waals surface area contributed by atoms with Gasteiger partial charge in [0.2, 0.25) is 5.91 Å². The molecule has 0 bridgehead atoms. The summed E-state index contributed by atoms with van der Waals surface area (Å²) in [5, 5.41) is 0.744. The van der Waals surface area contributed by atoms with Crippen molar-refractivity contribution in [1.29, 1.82) is 0 Å². The zero-order chi connectivity index (χ0) is 20.2. The number of benzene rings is 2. The molecular weight excluding hydrogens is 400 g/mol. The molecule has 3 aromatic rings. The molecule has 0 spiro atoms. The smallest absolute Gasteiger partial charge is 0.274 e. The van der Waals surface area contributed by atoms with E-state index in [1.165, 1.54) is 20.7 Å². The van der Waals surface area contributed by atoms with Crippen LogP contribution in [0.5, 0.6) is 5.19 Å². The van der Waals surface area contributed by atoms with Gasteiger partial charge in [-0.3, -0.25) is 4.79 Å². The van der Waals surface area contributed by atoms with Crippen molar-refractivity contribution in [2.24, 2.45) is 0 Å². The van der Waals surface area contributed by atoms with E-state index in [0.717, 1.165) is 42.4 Å². The van der Waals surface area contributed by atoms with Gasteiger partial charge in [-0.25, -0.2) is 4.98 Å². The summed E-state index contributed by atoms with van der Waals surface area (Å²) in [5.41, 5.74) is 3.47. The van der Waals surface area contributed by atoms with E-state index in [9.17, 15) is 4.79 Å². The first-order valence-electron chi connectivity index (χ1n) is 10.1. The largest absolute Gasteiger partial charge is 0.467 e. The van der Waals surface area contributed by atoms with Crippen molar-refractivity contribution < 1.29 is 9.53 Å². The highest BCUT2D eigenvalue weighted by Gasteiger charge is 2.24. The summed E-state index contributed by atoms with van der Waals surface area (Å²) in [7, 11) is 0. The number of hydrogen-bond acceptors (Lipinski definition) is 5. The second-order valence-electron chi connectivity index (χ2n) is 7.51. The highest BCUT2D eigenvalue weighted by molar-refractivity contribution is 7.99. The zero-order valence-electron chi connectivity index (χ0n) is 16.9. The number of rotatable bonds is 6. The molecule has 1 aromatic heterocycles. The Bertz CT molecular complexity index is 976. The first kappa shape index (κ1) is 20.2. The molecule has 0 saturated carbocycles. The van der Waals surface area contributed by atoms with Crippen molar-refractivity contribution in [2.45, 2.75) is 44.1 Å². The molecule has 4 rings (SSSR count). The van der Waals surface area contributed by atoms with Gasteiger partial charge >= 0.3 is 0 Å². The first-order valence-corrected chi connectivity index (χ1v) is 11.9. The Balaban J connectivity index is 1.22. The van der Waals surface area contributed by atoms with Crippen molar-refractivity contribution in [3.8, 4) is 5.19 Å². The number of nitrogens with zero attached hydrogens (tertiary/aromatic N) is 2. The van der Waals surface area contributed by atoms with Gasteiger partial charge in [0.25, 0.3) is 5.19 Å². The summed E-state index contributed by atoms with van der Waals surface area (Å²) in [4.78, 5) is 20.4. The number of likely N-dealkylation sites (tertiary alicyclic amines) is 1. The molecule has 0 unspecified atom stereocenters. The number of hydrogen-bond donors (Lipinski definition) is 0. The second-order valence-corrected chi connectivity index (χ2v) is 9.67. The van der Waals surface area contributed by atoms with Gasteiger partial charge in [0, 0.05) is 43.0 Å². The minimum atomic E-state index is 0.141. The van der Waals surface area contributed by atoms with Gasteiger partial charge in [0.05, 0.1) is 10.2 Å². The van der Waals surface area contributed by atoms with E-state index in [1.54, 1.807) is 23.1 Å². The number of fused-ring (bicyclic) bond motifs is 1. The Morgan fingerprint density at radius 3 is 2.66 bits per heavy atom. The van der Waals surface area contributed by atoms with Crippen LogP contribution in [0.1, 0.15) is 30.4 Å². The van der Waals surface area contributed by atoms with Crippen LogP contribution in [0, 0.1) is 13.8 Å². The molecule has 0 atom stereocenters. The number of para-hydroxylation sites is 1. The lowest BCUT2D eigenvalue weighted by Crippen LogP contribution is -2.41. The lowest BCUT2D eigenvalue weighted by atomic mass is 10.1. The summed E-state index contributed by atoms with van der Waals surface area (Å²) in [6.07, 6.45) is 2.46. The highest BCUT2D eigenvalue weighted by Crippen LogP contribution is 2.31. The fourth-order valence-corrected chi connectivity index (χ4v) is 5.33. The average Bonchev–Trinajstić information content (AvgIpc) is 3.14. The molecule has 1 amide bonds. The number of aromatic nitrogens is 1. The predicted molar refractivity (Wildman–Crippen MR) is 121 cm³/mol. The Morgan fingerprint density at radius 1 is 1.17 bits per heavy atom. The number of aryl methyl sites for hydroxylation is 2. The van der Waals surface area contributed by atoms with Crippen molar-refractivity contribution in [2.75, 3.05) is 18.8 Å². The maximum atomic E-state index is 12.5. The van der Waals surface area contributed by atoms with E-state index in [2.05, 4.69) is 61.3 Å². The number of amides is 1. The monoisotopic (exact) mass is 426 g/mol. The van der Waals surface area contributed by atoms with Crippen LogP contribution in [0.15, 0.2) is 47.4 Å². The molecule has 1 fully saturated rings. The average molecular weight is 427 g/mol. The summed E-state index contributed by atoms with van der Waals surface area (Å²) in [6, 6.07) is 14.7. The summed E-state index contributed by atoms with van der Waals surface area (Å²) in [5.74, 6) is 1.07. The van der Waals surface area contributed by atoms with E-state index in [0.29, 0.717) is 6.42 Å². The van der Waals surface area contributed by atoms with Crippen LogP contribution in [-0.2, 0) is 4.79 Å². The van der Waals surface area contributed by atoms with Gasteiger partial charge in [-0.2, -0.15) is 0 Å². The van der Waals surface area contributed by atoms with Crippen LogP contribution in [0.2, 0.25) is 0 Å². The molecule has 29 heavy (non-hydrogen) atoms. The minimum absolute atomic E-state index is 0.141. The summed E-state index contributed by atoms with van der Waals surface area (Å²) >= 11 is 3.35. The van der Waals surface area contributed by atoms with Crippen molar-refractivity contribution >= 4 is 39.2 Å². The van der Waals surface area contributed by atoms with Crippen LogP contribution < -0.4 is 4.74 Å². The topological polar surface area (TPSA) is 42.4 Å². The summed E-state index contributed by atoms with van der Waals surface area (Å²) < 4.78 is 7.30. The van der Waals surface area contributed by atoms with Crippen LogP contribution >= 0.6 is 23.1 Å². The molecule has 0 radical (unpaired) electrons. The van der Waals surface area contributed by atoms with Crippen LogP contribution in [0.4, 0.5) is 0 Å². The first-order chi connectivity index (χ1) is 14.1. The van der Waals surface area contributed by atoms with Gasteiger partial charge in [-0.05, 0) is 37.6 Å². The van der Waals surface area contributed by atoms with E-state index in [1.807, 2.05) is 4.90 Å². The molecule has 6 heteroatoms. The fourth-order valence-electron chi connectivity index (χ4n) is 3.53. The van der Waals surface area contributed by atoms with E-state index >= 15 is 0 Å². The normalized spacial score (nSPS) is 15.0. The molecule has 2 heterocycles. The van der Waals surface area contributed by atoms with E-state index in [4.69, 9.17) is 4.74 Å².